The highest BCUT2D eigenvalue weighted by molar-refractivity contribution is 6.34. The zero-order valence-electron chi connectivity index (χ0n) is 23.4. The summed E-state index contributed by atoms with van der Waals surface area (Å²) in [6, 6.07) is 17.6. The van der Waals surface area contributed by atoms with Crippen LogP contribution in [0.15, 0.2) is 66.7 Å². The smallest absolute Gasteiger partial charge is 0.333 e. The fraction of sp³-hybridized carbons (Fsp3) is 0.355. The Morgan fingerprint density at radius 1 is 0.929 bits per heavy atom. The van der Waals surface area contributed by atoms with Gasteiger partial charge >= 0.3 is 12.0 Å². The van der Waals surface area contributed by atoms with Crippen molar-refractivity contribution < 1.29 is 33.3 Å². The van der Waals surface area contributed by atoms with E-state index in [1.807, 2.05) is 0 Å². The second kappa shape index (κ2) is 17.6. The number of unbranched alkanes of at least 4 members (excludes halogenated alkanes) is 1. The van der Waals surface area contributed by atoms with Crippen molar-refractivity contribution in [2.45, 2.75) is 38.9 Å². The average Bonchev–Trinajstić information content (AvgIpc) is 2.95. The lowest BCUT2D eigenvalue weighted by Crippen LogP contribution is -2.38. The number of carboxylic acids is 1. The Morgan fingerprint density at radius 2 is 1.62 bits per heavy atom. The second-order valence-corrected chi connectivity index (χ2v) is 10.3. The number of hydrogen-bond acceptors (Lipinski definition) is 5. The zero-order chi connectivity index (χ0) is 30.3. The molecule has 0 spiro atoms. The molecule has 2 amide bonds. The Morgan fingerprint density at radius 3 is 2.26 bits per heavy atom. The Hall–Kier alpha value is -3.37. The first-order chi connectivity index (χ1) is 20.2. The number of amides is 2. The van der Waals surface area contributed by atoms with Crippen LogP contribution in [0.1, 0.15) is 30.9 Å². The van der Waals surface area contributed by atoms with E-state index in [9.17, 15) is 19.1 Å². The Bertz CT molecular complexity index is 1260. The number of nitrogens with one attached hydrogen (secondary N) is 1. The number of carbonyl (C=O) groups is 2. The molecule has 0 bridgehead atoms. The molecule has 3 aromatic rings. The molecule has 1 unspecified atom stereocenters. The number of nitrogens with zero attached hydrogens (tertiary/aromatic N) is 1. The highest BCUT2D eigenvalue weighted by atomic mass is 35.5. The maximum atomic E-state index is 13.3. The van der Waals surface area contributed by atoms with Crippen molar-refractivity contribution in [1.82, 2.24) is 4.90 Å². The van der Waals surface area contributed by atoms with E-state index in [0.717, 1.165) is 17.5 Å². The summed E-state index contributed by atoms with van der Waals surface area (Å²) in [5, 5.41) is 13.2. The van der Waals surface area contributed by atoms with Gasteiger partial charge in [0, 0.05) is 41.9 Å². The molecular formula is C31H35Cl2FN2O6. The Kier molecular flexibility index (Phi) is 13.8. The fourth-order valence-corrected chi connectivity index (χ4v) is 4.64. The van der Waals surface area contributed by atoms with Crippen molar-refractivity contribution in [1.29, 1.82) is 0 Å². The summed E-state index contributed by atoms with van der Waals surface area (Å²) in [6.45, 7) is 3.94. The molecule has 8 nitrogen and oxygen atoms in total. The van der Waals surface area contributed by atoms with Crippen molar-refractivity contribution in [3.8, 4) is 5.75 Å². The zero-order valence-corrected chi connectivity index (χ0v) is 24.9. The maximum absolute atomic E-state index is 13.3. The lowest BCUT2D eigenvalue weighted by atomic mass is 10.1. The summed E-state index contributed by atoms with van der Waals surface area (Å²) in [4.78, 5) is 26.0. The quantitative estimate of drug-likeness (QED) is 0.157. The molecule has 0 saturated carbocycles. The van der Waals surface area contributed by atoms with E-state index >= 15 is 0 Å². The fourth-order valence-electron chi connectivity index (χ4n) is 4.07. The third-order valence-corrected chi connectivity index (χ3v) is 6.59. The van der Waals surface area contributed by atoms with Gasteiger partial charge < -0.3 is 29.5 Å². The SMILES string of the molecule is CCOC(Cc1ccc(OCCN(CCCCOCc2cc(Cl)cc(Cl)c2)C(=O)Nc2ccc(F)cc2)cc1)C(=O)O. The number of halogens is 3. The second-order valence-electron chi connectivity index (χ2n) is 9.44. The van der Waals surface area contributed by atoms with Gasteiger partial charge in [0.25, 0.3) is 0 Å². The number of hydrogen-bond donors (Lipinski definition) is 2. The van der Waals surface area contributed by atoms with Crippen LogP contribution in [0, 0.1) is 5.82 Å². The molecule has 0 aliphatic heterocycles. The average molecular weight is 622 g/mol. The van der Waals surface area contributed by atoms with E-state index in [2.05, 4.69) is 5.32 Å². The van der Waals surface area contributed by atoms with E-state index in [0.29, 0.717) is 60.8 Å². The summed E-state index contributed by atoms with van der Waals surface area (Å²) in [7, 11) is 0. The van der Waals surface area contributed by atoms with Gasteiger partial charge in [-0.2, -0.15) is 0 Å². The van der Waals surface area contributed by atoms with Crippen LogP contribution in [0.25, 0.3) is 0 Å². The molecule has 0 aliphatic carbocycles. The van der Waals surface area contributed by atoms with Gasteiger partial charge in [-0.3, -0.25) is 0 Å². The first kappa shape index (κ1) is 33.1. The van der Waals surface area contributed by atoms with Gasteiger partial charge in [0.05, 0.1) is 13.2 Å². The molecule has 11 heteroatoms. The van der Waals surface area contributed by atoms with E-state index < -0.39 is 12.1 Å². The summed E-state index contributed by atoms with van der Waals surface area (Å²) >= 11 is 12.1. The number of aliphatic carboxylic acids is 1. The van der Waals surface area contributed by atoms with Crippen molar-refractivity contribution in [3.05, 3.63) is 93.7 Å². The predicted molar refractivity (Wildman–Crippen MR) is 161 cm³/mol. The van der Waals surface area contributed by atoms with Crippen LogP contribution in [-0.4, -0.2) is 61.0 Å². The number of carboxylic acid groups (broad SMARTS) is 1. The first-order valence-corrected chi connectivity index (χ1v) is 14.4. The van der Waals surface area contributed by atoms with Gasteiger partial charge in [-0.05, 0) is 85.5 Å². The third kappa shape index (κ3) is 11.9. The first-order valence-electron chi connectivity index (χ1n) is 13.6. The van der Waals surface area contributed by atoms with Crippen LogP contribution in [0.3, 0.4) is 0 Å². The van der Waals surface area contributed by atoms with Crippen LogP contribution in [0.4, 0.5) is 14.9 Å². The van der Waals surface area contributed by atoms with Gasteiger partial charge in [0.1, 0.15) is 18.2 Å². The molecule has 2 N–H and O–H groups in total. The van der Waals surface area contributed by atoms with Crippen molar-refractivity contribution in [2.75, 3.05) is 38.2 Å². The molecule has 1 atom stereocenters. The van der Waals surface area contributed by atoms with Gasteiger partial charge in [-0.1, -0.05) is 35.3 Å². The lowest BCUT2D eigenvalue weighted by Gasteiger charge is -2.23. The number of benzene rings is 3. The monoisotopic (exact) mass is 620 g/mol. The van der Waals surface area contributed by atoms with E-state index in [-0.39, 0.29) is 24.9 Å². The lowest BCUT2D eigenvalue weighted by molar-refractivity contribution is -0.149. The molecule has 3 aromatic carbocycles. The van der Waals surface area contributed by atoms with Crippen molar-refractivity contribution >= 4 is 40.9 Å². The molecule has 42 heavy (non-hydrogen) atoms. The molecule has 0 radical (unpaired) electrons. The van der Waals surface area contributed by atoms with Gasteiger partial charge in [-0.15, -0.1) is 0 Å². The number of carbonyl (C=O) groups excluding carboxylic acids is 1. The number of anilines is 1. The van der Waals surface area contributed by atoms with E-state index in [1.54, 1.807) is 54.3 Å². The highest BCUT2D eigenvalue weighted by Crippen LogP contribution is 2.20. The van der Waals surface area contributed by atoms with Gasteiger partial charge in [0.2, 0.25) is 0 Å². The van der Waals surface area contributed by atoms with Gasteiger partial charge in [-0.25, -0.2) is 14.0 Å². The van der Waals surface area contributed by atoms with E-state index in [1.165, 1.54) is 24.3 Å². The molecule has 0 heterocycles. The predicted octanol–water partition coefficient (Wildman–Crippen LogP) is 7.07. The summed E-state index contributed by atoms with van der Waals surface area (Å²) in [6.07, 6.45) is 0.746. The number of urea groups is 1. The minimum Gasteiger partial charge on any atom is -0.492 e. The standard InChI is InChI=1S/C31H35Cl2FN2O6/c1-2-41-29(30(37)38)19-22-5-11-28(12-6-22)42-16-14-36(31(39)35-27-9-7-26(34)8-10-27)13-3-4-15-40-21-23-17-24(32)20-25(33)18-23/h5-12,17-18,20,29H,2-4,13-16,19,21H2,1H3,(H,35,39)(H,37,38). The molecular weight excluding hydrogens is 586 g/mol. The van der Waals surface area contributed by atoms with E-state index in [4.69, 9.17) is 37.4 Å². The Labute approximate surface area is 255 Å². The highest BCUT2D eigenvalue weighted by Gasteiger charge is 2.18. The number of ether oxygens (including phenoxy) is 3. The van der Waals surface area contributed by atoms with Crippen LogP contribution in [0.2, 0.25) is 10.0 Å². The summed E-state index contributed by atoms with van der Waals surface area (Å²) in [5.74, 6) is -0.801. The minimum atomic E-state index is -1.01. The molecule has 3 rings (SSSR count). The molecule has 0 fully saturated rings. The van der Waals surface area contributed by atoms with Crippen LogP contribution in [0.5, 0.6) is 5.75 Å². The summed E-state index contributed by atoms with van der Waals surface area (Å²) in [5.41, 5.74) is 2.18. The van der Waals surface area contributed by atoms with Crippen molar-refractivity contribution in [3.63, 3.8) is 0 Å². The maximum Gasteiger partial charge on any atom is 0.333 e. The topological polar surface area (TPSA) is 97.3 Å². The van der Waals surface area contributed by atoms with Crippen LogP contribution >= 0.6 is 23.2 Å². The molecule has 0 saturated heterocycles. The van der Waals surface area contributed by atoms with Crippen molar-refractivity contribution in [2.24, 2.45) is 0 Å². The third-order valence-electron chi connectivity index (χ3n) is 6.16. The molecule has 226 valence electrons. The molecule has 0 aliphatic rings. The molecule has 0 aromatic heterocycles. The normalized spacial score (nSPS) is 11.6. The largest absolute Gasteiger partial charge is 0.492 e. The van der Waals surface area contributed by atoms with Crippen LogP contribution < -0.4 is 10.1 Å². The minimum absolute atomic E-state index is 0.235. The van der Waals surface area contributed by atoms with Gasteiger partial charge in [0.15, 0.2) is 6.10 Å². The van der Waals surface area contributed by atoms with Crippen LogP contribution in [-0.2, 0) is 27.3 Å². The number of rotatable bonds is 17. The Balaban J connectivity index is 1.49. The summed E-state index contributed by atoms with van der Waals surface area (Å²) < 4.78 is 30.2.